The average molecular weight is 467 g/mol. The number of nitrogens with one attached hydrogen (secondary N) is 3. The third kappa shape index (κ3) is 10.2. The Morgan fingerprint density at radius 3 is 1.93 bits per heavy atom. The van der Waals surface area contributed by atoms with Crippen molar-refractivity contribution in [2.45, 2.75) is 50.9 Å². The van der Waals surface area contributed by atoms with Crippen LogP contribution in [0.25, 0.3) is 0 Å². The number of thioether (sulfide) groups is 1. The highest BCUT2D eigenvalue weighted by Crippen LogP contribution is 2.04. The Morgan fingerprint density at radius 2 is 1.50 bits per heavy atom. The molecular weight excluding hydrogens is 436 g/mol. The van der Waals surface area contributed by atoms with Crippen LogP contribution < -0.4 is 21.7 Å². The van der Waals surface area contributed by atoms with Crippen molar-refractivity contribution in [3.8, 4) is 0 Å². The fourth-order valence-corrected chi connectivity index (χ4v) is 3.02. The van der Waals surface area contributed by atoms with E-state index in [1.807, 2.05) is 6.26 Å². The molecule has 7 N–H and O–H groups in total. The quantitative estimate of drug-likeness (QED) is 0.152. The number of carbonyl (C=O) groups excluding carboxylic acids is 3. The molecule has 0 aliphatic heterocycles. The summed E-state index contributed by atoms with van der Waals surface area (Å²) in [5.41, 5.74) is 5.73. The van der Waals surface area contributed by atoms with Crippen molar-refractivity contribution in [1.29, 1.82) is 0 Å². The summed E-state index contributed by atoms with van der Waals surface area (Å²) in [6.45, 7) is 3.21. The van der Waals surface area contributed by atoms with Crippen LogP contribution in [0.5, 0.6) is 0 Å². The largest absolute Gasteiger partial charge is 0.481 e. The smallest absolute Gasteiger partial charge is 0.326 e. The maximum atomic E-state index is 12.5. The second kappa shape index (κ2) is 14.1. The first-order chi connectivity index (χ1) is 13.9. The molecule has 13 heteroatoms. The molecule has 0 aromatic carbocycles. The minimum Gasteiger partial charge on any atom is -0.481 e. The van der Waals surface area contributed by atoms with E-state index in [0.29, 0.717) is 12.2 Å². The minimum atomic E-state index is -1.47. The van der Waals surface area contributed by atoms with Gasteiger partial charge < -0.3 is 31.9 Å². The molecule has 0 bridgehead atoms. The Bertz CT molecular complexity index is 633. The summed E-state index contributed by atoms with van der Waals surface area (Å²) >= 11 is 5.46. The second-order valence-corrected chi connectivity index (χ2v) is 8.21. The Balaban J connectivity index is 5.21. The first kappa shape index (κ1) is 28.0. The summed E-state index contributed by atoms with van der Waals surface area (Å²) in [7, 11) is 0. The van der Waals surface area contributed by atoms with Crippen LogP contribution in [-0.2, 0) is 24.0 Å². The molecule has 11 nitrogen and oxygen atoms in total. The van der Waals surface area contributed by atoms with Crippen LogP contribution in [0.1, 0.15) is 26.7 Å². The number of thiol groups is 1. The Hall–Kier alpha value is -1.99. The molecule has 0 spiro atoms. The van der Waals surface area contributed by atoms with E-state index >= 15 is 0 Å². The van der Waals surface area contributed by atoms with Gasteiger partial charge in [0.1, 0.15) is 18.1 Å². The van der Waals surface area contributed by atoms with Crippen LogP contribution in [-0.4, -0.2) is 81.8 Å². The standard InChI is InChI=1S/C17H30N4O7S2/c1-8(2)13(17(27)28)21-16(26)11(7-29)20-15(25)10(6-12(22)23)19-14(24)9(18)4-5-30-3/h8-11,13,29H,4-7,18H2,1-3H3,(H,19,24)(H,20,25)(H,21,26)(H,22,23)(H,27,28). The molecule has 0 heterocycles. The number of amides is 3. The Labute approximate surface area is 184 Å². The number of carbonyl (C=O) groups is 5. The molecule has 0 aromatic heterocycles. The summed E-state index contributed by atoms with van der Waals surface area (Å²) < 4.78 is 0. The second-order valence-electron chi connectivity index (χ2n) is 6.86. The van der Waals surface area contributed by atoms with Gasteiger partial charge in [0, 0.05) is 5.75 Å². The number of nitrogens with two attached hydrogens (primary N) is 1. The third-order valence-corrected chi connectivity index (χ3v) is 5.04. The van der Waals surface area contributed by atoms with Crippen molar-refractivity contribution in [3.63, 3.8) is 0 Å². The zero-order valence-electron chi connectivity index (χ0n) is 17.1. The number of rotatable bonds is 14. The molecule has 4 unspecified atom stereocenters. The van der Waals surface area contributed by atoms with E-state index < -0.39 is 66.2 Å². The number of carboxylic acid groups (broad SMARTS) is 2. The van der Waals surface area contributed by atoms with Crippen LogP contribution in [0.15, 0.2) is 0 Å². The molecule has 0 fully saturated rings. The monoisotopic (exact) mass is 466 g/mol. The van der Waals surface area contributed by atoms with Gasteiger partial charge in [-0.15, -0.1) is 0 Å². The molecule has 0 saturated carbocycles. The van der Waals surface area contributed by atoms with E-state index in [-0.39, 0.29) is 5.75 Å². The molecular formula is C17H30N4O7S2. The summed E-state index contributed by atoms with van der Waals surface area (Å²) in [5.74, 6) is -4.98. The van der Waals surface area contributed by atoms with Gasteiger partial charge in [0.15, 0.2) is 0 Å². The fourth-order valence-electron chi connectivity index (χ4n) is 2.27. The average Bonchev–Trinajstić information content (AvgIpc) is 2.66. The van der Waals surface area contributed by atoms with Crippen LogP contribution in [0.4, 0.5) is 0 Å². The van der Waals surface area contributed by atoms with Crippen LogP contribution in [0, 0.1) is 5.92 Å². The van der Waals surface area contributed by atoms with Gasteiger partial charge in [-0.2, -0.15) is 24.4 Å². The van der Waals surface area contributed by atoms with Gasteiger partial charge in [-0.1, -0.05) is 13.8 Å². The Kier molecular flexibility index (Phi) is 13.2. The molecule has 172 valence electrons. The highest BCUT2D eigenvalue weighted by molar-refractivity contribution is 7.98. The van der Waals surface area contributed by atoms with Crippen LogP contribution >= 0.6 is 24.4 Å². The van der Waals surface area contributed by atoms with Gasteiger partial charge in [0.2, 0.25) is 17.7 Å². The lowest BCUT2D eigenvalue weighted by Gasteiger charge is -2.24. The topological polar surface area (TPSA) is 188 Å². The number of aliphatic carboxylic acids is 2. The van der Waals surface area contributed by atoms with Gasteiger partial charge in [-0.05, 0) is 24.3 Å². The first-order valence-electron chi connectivity index (χ1n) is 9.15. The zero-order valence-corrected chi connectivity index (χ0v) is 18.8. The van der Waals surface area contributed by atoms with E-state index in [2.05, 4.69) is 28.6 Å². The highest BCUT2D eigenvalue weighted by atomic mass is 32.2. The molecule has 0 rings (SSSR count). The van der Waals surface area contributed by atoms with Gasteiger partial charge >= 0.3 is 11.9 Å². The van der Waals surface area contributed by atoms with Crippen molar-refractivity contribution in [2.75, 3.05) is 17.8 Å². The zero-order chi connectivity index (χ0) is 23.4. The van der Waals surface area contributed by atoms with E-state index in [0.717, 1.165) is 0 Å². The predicted molar refractivity (Wildman–Crippen MR) is 115 cm³/mol. The van der Waals surface area contributed by atoms with Gasteiger partial charge in [0.05, 0.1) is 12.5 Å². The molecule has 4 atom stereocenters. The summed E-state index contributed by atoms with van der Waals surface area (Å²) in [4.78, 5) is 59.4. The molecule has 0 aromatic rings. The van der Waals surface area contributed by atoms with E-state index in [1.165, 1.54) is 11.8 Å². The molecule has 0 radical (unpaired) electrons. The lowest BCUT2D eigenvalue weighted by Crippen LogP contribution is -2.58. The molecule has 3 amide bonds. The summed E-state index contributed by atoms with van der Waals surface area (Å²) in [6, 6.07) is -4.81. The lowest BCUT2D eigenvalue weighted by atomic mass is 10.0. The number of carboxylic acids is 2. The van der Waals surface area contributed by atoms with Crippen molar-refractivity contribution in [3.05, 3.63) is 0 Å². The fraction of sp³-hybridized carbons (Fsp3) is 0.706. The molecule has 0 aliphatic carbocycles. The Morgan fingerprint density at radius 1 is 0.967 bits per heavy atom. The van der Waals surface area contributed by atoms with Crippen molar-refractivity contribution >= 4 is 54.1 Å². The normalized spacial score (nSPS) is 14.9. The van der Waals surface area contributed by atoms with Gasteiger partial charge in [-0.3, -0.25) is 19.2 Å². The van der Waals surface area contributed by atoms with Crippen LogP contribution in [0.3, 0.4) is 0 Å². The number of hydrogen-bond donors (Lipinski definition) is 7. The first-order valence-corrected chi connectivity index (χ1v) is 11.2. The van der Waals surface area contributed by atoms with Gasteiger partial charge in [0.25, 0.3) is 0 Å². The highest BCUT2D eigenvalue weighted by Gasteiger charge is 2.31. The number of hydrogen-bond acceptors (Lipinski definition) is 8. The third-order valence-electron chi connectivity index (χ3n) is 4.03. The van der Waals surface area contributed by atoms with E-state index in [1.54, 1.807) is 13.8 Å². The SMILES string of the molecule is CSCCC(N)C(=O)NC(CC(=O)O)C(=O)NC(CS)C(=O)NC(C(=O)O)C(C)C. The predicted octanol–water partition coefficient (Wildman–Crippen LogP) is -1.33. The maximum absolute atomic E-state index is 12.5. The minimum absolute atomic E-state index is 0.178. The van der Waals surface area contributed by atoms with Crippen molar-refractivity contribution in [1.82, 2.24) is 16.0 Å². The van der Waals surface area contributed by atoms with E-state index in [9.17, 15) is 29.1 Å². The van der Waals surface area contributed by atoms with Crippen molar-refractivity contribution < 1.29 is 34.2 Å². The molecule has 30 heavy (non-hydrogen) atoms. The van der Waals surface area contributed by atoms with Gasteiger partial charge in [-0.25, -0.2) is 4.79 Å². The molecule has 0 aliphatic rings. The maximum Gasteiger partial charge on any atom is 0.326 e. The van der Waals surface area contributed by atoms with E-state index in [4.69, 9.17) is 10.8 Å². The molecule has 0 saturated heterocycles. The van der Waals surface area contributed by atoms with Crippen LogP contribution in [0.2, 0.25) is 0 Å². The summed E-state index contributed by atoms with van der Waals surface area (Å²) in [5, 5.41) is 25.1. The summed E-state index contributed by atoms with van der Waals surface area (Å²) in [6.07, 6.45) is 1.45. The van der Waals surface area contributed by atoms with Crippen molar-refractivity contribution in [2.24, 2.45) is 11.7 Å². The lowest BCUT2D eigenvalue weighted by molar-refractivity contribution is -0.144.